The molecule has 0 amide bonds. The van der Waals surface area contributed by atoms with E-state index < -0.39 is 12.1 Å². The van der Waals surface area contributed by atoms with E-state index in [2.05, 4.69) is 136 Å². The second kappa shape index (κ2) is 68.3. The molecule has 0 aliphatic heterocycles. The number of unbranched alkanes of at least 4 members (excludes halogenated alkanes) is 30. The Morgan fingerprint density at radius 3 is 0.802 bits per heavy atom. The molecule has 0 fully saturated rings. The summed E-state index contributed by atoms with van der Waals surface area (Å²) in [5.41, 5.74) is 0. The SMILES string of the molecule is CC/C=C\C/C=C\C/C=C\C/C=C\C/C=C\C/C=C\CCC(=O)OC(COC(=O)CCCCCCCC/C=C\C/C=C\C/C=C\C/C=C\CC)COC(=O)CCCCCCCCCCCCCCCCCCCCCCCCCCC. The summed E-state index contributed by atoms with van der Waals surface area (Å²) in [5, 5.41) is 0. The van der Waals surface area contributed by atoms with Crippen LogP contribution in [0.1, 0.15) is 316 Å². The van der Waals surface area contributed by atoms with Crippen LogP contribution < -0.4 is 0 Å². The molecule has 1 unspecified atom stereocenters. The second-order valence-corrected chi connectivity index (χ2v) is 22.3. The largest absolute Gasteiger partial charge is 0.462 e. The maximum Gasteiger partial charge on any atom is 0.306 e. The van der Waals surface area contributed by atoms with Crippen LogP contribution in [0.25, 0.3) is 0 Å². The van der Waals surface area contributed by atoms with Gasteiger partial charge in [0, 0.05) is 19.3 Å². The lowest BCUT2D eigenvalue weighted by atomic mass is 10.0. The van der Waals surface area contributed by atoms with E-state index in [0.29, 0.717) is 19.3 Å². The van der Waals surface area contributed by atoms with E-state index >= 15 is 0 Å². The van der Waals surface area contributed by atoms with Crippen molar-refractivity contribution >= 4 is 17.9 Å². The Morgan fingerprint density at radius 2 is 0.506 bits per heavy atom. The van der Waals surface area contributed by atoms with E-state index in [9.17, 15) is 14.4 Å². The van der Waals surface area contributed by atoms with Gasteiger partial charge >= 0.3 is 17.9 Å². The van der Waals surface area contributed by atoms with Crippen molar-refractivity contribution in [1.82, 2.24) is 0 Å². The number of hydrogen-bond acceptors (Lipinski definition) is 6. The first-order chi connectivity index (χ1) is 40.0. The highest BCUT2D eigenvalue weighted by molar-refractivity contribution is 5.71. The highest BCUT2D eigenvalue weighted by Gasteiger charge is 2.19. The van der Waals surface area contributed by atoms with Crippen molar-refractivity contribution in [3.63, 3.8) is 0 Å². The van der Waals surface area contributed by atoms with Crippen LogP contribution in [-0.2, 0) is 28.6 Å². The van der Waals surface area contributed by atoms with Crippen LogP contribution >= 0.6 is 0 Å². The minimum absolute atomic E-state index is 0.113. The zero-order valence-corrected chi connectivity index (χ0v) is 53.0. The van der Waals surface area contributed by atoms with Crippen LogP contribution in [0.15, 0.2) is 122 Å². The van der Waals surface area contributed by atoms with Crippen molar-refractivity contribution in [1.29, 1.82) is 0 Å². The summed E-state index contributed by atoms with van der Waals surface area (Å²) in [5.74, 6) is -1.00. The first-order valence-electron chi connectivity index (χ1n) is 34.0. The van der Waals surface area contributed by atoms with Crippen LogP contribution in [0.4, 0.5) is 0 Å². The molecular weight excluding hydrogens is 997 g/mol. The Hall–Kier alpha value is -4.19. The maximum atomic E-state index is 12.9. The van der Waals surface area contributed by atoms with Gasteiger partial charge in [-0.1, -0.05) is 322 Å². The minimum atomic E-state index is -0.829. The fourth-order valence-corrected chi connectivity index (χ4v) is 9.46. The van der Waals surface area contributed by atoms with Gasteiger partial charge in [-0.3, -0.25) is 14.4 Å². The van der Waals surface area contributed by atoms with Crippen LogP contribution in [0.3, 0.4) is 0 Å². The molecule has 81 heavy (non-hydrogen) atoms. The molecule has 6 heteroatoms. The molecule has 0 heterocycles. The Bertz CT molecular complexity index is 1670. The summed E-state index contributed by atoms with van der Waals surface area (Å²) in [4.78, 5) is 38.4. The van der Waals surface area contributed by atoms with Gasteiger partial charge in [0.25, 0.3) is 0 Å². The number of carbonyl (C=O) groups is 3. The van der Waals surface area contributed by atoms with Crippen LogP contribution in [0, 0.1) is 0 Å². The lowest BCUT2D eigenvalue weighted by molar-refractivity contribution is -0.166. The highest BCUT2D eigenvalue weighted by atomic mass is 16.6. The highest BCUT2D eigenvalue weighted by Crippen LogP contribution is 2.17. The average Bonchev–Trinajstić information content (AvgIpc) is 3.47. The lowest BCUT2D eigenvalue weighted by Crippen LogP contribution is -2.30. The van der Waals surface area contributed by atoms with Crippen LogP contribution in [-0.4, -0.2) is 37.2 Å². The van der Waals surface area contributed by atoms with Gasteiger partial charge in [-0.15, -0.1) is 0 Å². The van der Waals surface area contributed by atoms with Gasteiger partial charge in [-0.05, 0) is 96.3 Å². The third kappa shape index (κ3) is 66.5. The van der Waals surface area contributed by atoms with Crippen LogP contribution in [0.5, 0.6) is 0 Å². The van der Waals surface area contributed by atoms with E-state index in [1.807, 2.05) is 6.08 Å². The maximum absolute atomic E-state index is 12.9. The van der Waals surface area contributed by atoms with Gasteiger partial charge < -0.3 is 14.2 Å². The Morgan fingerprint density at radius 1 is 0.259 bits per heavy atom. The Kier molecular flexibility index (Phi) is 64.8. The van der Waals surface area contributed by atoms with Gasteiger partial charge in [-0.25, -0.2) is 0 Å². The number of ether oxygens (including phenoxy) is 3. The number of esters is 3. The van der Waals surface area contributed by atoms with Gasteiger partial charge in [-0.2, -0.15) is 0 Å². The molecule has 0 aliphatic rings. The molecule has 0 aromatic carbocycles. The van der Waals surface area contributed by atoms with Gasteiger partial charge in [0.05, 0.1) is 0 Å². The van der Waals surface area contributed by atoms with Crippen LogP contribution in [0.2, 0.25) is 0 Å². The topological polar surface area (TPSA) is 78.9 Å². The zero-order valence-electron chi connectivity index (χ0n) is 53.0. The minimum Gasteiger partial charge on any atom is -0.462 e. The fraction of sp³-hybridized carbons (Fsp3) is 0.693. The third-order valence-electron chi connectivity index (χ3n) is 14.5. The van der Waals surface area contributed by atoms with E-state index in [4.69, 9.17) is 14.2 Å². The van der Waals surface area contributed by atoms with Gasteiger partial charge in [0.15, 0.2) is 6.10 Å². The second-order valence-electron chi connectivity index (χ2n) is 22.3. The average molecular weight is 1120 g/mol. The first kappa shape index (κ1) is 76.8. The molecule has 1 atom stereocenters. The molecule has 0 saturated heterocycles. The smallest absolute Gasteiger partial charge is 0.306 e. The Balaban J connectivity index is 4.44. The number of carbonyl (C=O) groups excluding carboxylic acids is 3. The van der Waals surface area contributed by atoms with Crippen molar-refractivity contribution in [3.05, 3.63) is 122 Å². The third-order valence-corrected chi connectivity index (χ3v) is 14.5. The Labute approximate surface area is 501 Å². The lowest BCUT2D eigenvalue weighted by Gasteiger charge is -2.18. The molecule has 0 aromatic heterocycles. The van der Waals surface area contributed by atoms with Crippen molar-refractivity contribution in [2.75, 3.05) is 13.2 Å². The molecular formula is C75H126O6. The normalized spacial score (nSPS) is 12.9. The molecule has 0 aliphatic carbocycles. The van der Waals surface area contributed by atoms with E-state index in [1.165, 1.54) is 154 Å². The summed E-state index contributed by atoms with van der Waals surface area (Å²) in [7, 11) is 0. The zero-order chi connectivity index (χ0) is 58.5. The molecule has 0 rings (SSSR count). The number of hydrogen-bond donors (Lipinski definition) is 0. The van der Waals surface area contributed by atoms with Crippen molar-refractivity contribution in [2.45, 2.75) is 322 Å². The van der Waals surface area contributed by atoms with Crippen molar-refractivity contribution in [3.8, 4) is 0 Å². The molecule has 0 bridgehead atoms. The van der Waals surface area contributed by atoms with E-state index in [0.717, 1.165) is 116 Å². The first-order valence-corrected chi connectivity index (χ1v) is 34.0. The molecule has 0 aromatic rings. The monoisotopic (exact) mass is 1120 g/mol. The molecule has 462 valence electrons. The standard InChI is InChI=1S/C75H126O6/c1-4-7-10-13-16-19-22-25-28-31-34-35-36-37-38-39-42-44-47-50-53-56-59-62-65-68-74(77)80-71-72(81-75(78)69-66-63-60-57-54-51-48-45-41-33-30-27-24-21-18-15-12-9-6-3)70-79-73(76)67-64-61-58-55-52-49-46-43-40-32-29-26-23-20-17-14-11-8-5-2/h8-9,11-12,17-18,20-21,26-27,29-30,40-41,43,45,51,54,60,63,72H,4-7,10,13-16,19,22-25,28,31-39,42,44,46-50,52-53,55-59,61-62,64-71H2,1-3H3/b11-8-,12-9-,20-17-,21-18-,29-26-,30-27-,43-40-,45-41-,54-51-,63-60-. The summed E-state index contributed by atoms with van der Waals surface area (Å²) >= 11 is 0. The van der Waals surface area contributed by atoms with E-state index in [1.54, 1.807) is 0 Å². The molecule has 0 spiro atoms. The molecule has 6 nitrogen and oxygen atoms in total. The summed E-state index contributed by atoms with van der Waals surface area (Å²) in [6.45, 7) is 6.37. The van der Waals surface area contributed by atoms with E-state index in [-0.39, 0.29) is 31.6 Å². The van der Waals surface area contributed by atoms with Crippen molar-refractivity contribution in [2.24, 2.45) is 0 Å². The summed E-state index contributed by atoms with van der Waals surface area (Å²) < 4.78 is 16.9. The molecule has 0 saturated carbocycles. The predicted octanol–water partition coefficient (Wildman–Crippen LogP) is 23.6. The number of allylic oxidation sites excluding steroid dienone is 20. The molecule has 0 radical (unpaired) electrons. The van der Waals surface area contributed by atoms with Gasteiger partial charge in [0.2, 0.25) is 0 Å². The van der Waals surface area contributed by atoms with Crippen molar-refractivity contribution < 1.29 is 28.6 Å². The molecule has 0 N–H and O–H groups in total. The quantitative estimate of drug-likeness (QED) is 0.0261. The number of rotatable bonds is 61. The van der Waals surface area contributed by atoms with Gasteiger partial charge in [0.1, 0.15) is 13.2 Å². The predicted molar refractivity (Wildman–Crippen MR) is 353 cm³/mol. The summed E-state index contributed by atoms with van der Waals surface area (Å²) in [6, 6.07) is 0. The fourth-order valence-electron chi connectivity index (χ4n) is 9.46. The summed E-state index contributed by atoms with van der Waals surface area (Å²) in [6.07, 6.45) is 95.2.